The van der Waals surface area contributed by atoms with Crippen molar-refractivity contribution < 1.29 is 13.6 Å². The van der Waals surface area contributed by atoms with Gasteiger partial charge in [-0.25, -0.2) is 8.78 Å². The van der Waals surface area contributed by atoms with Crippen LogP contribution >= 0.6 is 0 Å². The summed E-state index contributed by atoms with van der Waals surface area (Å²) in [4.78, 5) is 11.5. The summed E-state index contributed by atoms with van der Waals surface area (Å²) in [5.41, 5.74) is -0.0615. The lowest BCUT2D eigenvalue weighted by atomic mass is 9.91. The second-order valence-corrected chi connectivity index (χ2v) is 4.72. The summed E-state index contributed by atoms with van der Waals surface area (Å²) in [6.07, 6.45) is 2.79. The first-order valence-electron chi connectivity index (χ1n) is 5.23. The molecule has 0 radical (unpaired) electrons. The molecule has 1 N–H and O–H groups in total. The first-order chi connectivity index (χ1) is 7.80. The van der Waals surface area contributed by atoms with Gasteiger partial charge in [0, 0.05) is 23.4 Å². The number of rotatable bonds is 3. The van der Waals surface area contributed by atoms with Gasteiger partial charge < -0.3 is 5.32 Å². The van der Waals surface area contributed by atoms with Crippen LogP contribution in [-0.4, -0.2) is 5.78 Å². The Hall–Kier alpha value is -1.71. The molecule has 0 amide bonds. The summed E-state index contributed by atoms with van der Waals surface area (Å²) < 4.78 is 25.5. The Labute approximate surface area is 99.3 Å². The molecule has 0 atom stereocenters. The molecule has 0 unspecified atom stereocenters. The molecule has 0 heterocycles. The van der Waals surface area contributed by atoms with Gasteiger partial charge in [-0.15, -0.1) is 0 Å². The highest BCUT2D eigenvalue weighted by atomic mass is 19.2. The minimum absolute atomic E-state index is 0.0485. The molecule has 2 nitrogen and oxygen atoms in total. The summed E-state index contributed by atoms with van der Waals surface area (Å²) in [6, 6.07) is 3.45. The van der Waals surface area contributed by atoms with Crippen molar-refractivity contribution >= 4 is 11.5 Å². The molecule has 0 aliphatic heterocycles. The quantitative estimate of drug-likeness (QED) is 0.818. The number of nitrogens with one attached hydrogen (secondary N) is 1. The van der Waals surface area contributed by atoms with Crippen molar-refractivity contribution in [3.63, 3.8) is 0 Å². The number of hydrogen-bond donors (Lipinski definition) is 1. The van der Waals surface area contributed by atoms with E-state index < -0.39 is 17.0 Å². The average molecular weight is 239 g/mol. The van der Waals surface area contributed by atoms with Crippen LogP contribution in [0, 0.1) is 17.0 Å². The highest BCUT2D eigenvalue weighted by molar-refractivity contribution is 5.94. The largest absolute Gasteiger partial charge is 0.361 e. The predicted molar refractivity (Wildman–Crippen MR) is 63.6 cm³/mol. The number of carbonyl (C=O) groups is 1. The van der Waals surface area contributed by atoms with Crippen LogP contribution in [0.15, 0.2) is 30.5 Å². The predicted octanol–water partition coefficient (Wildman–Crippen LogP) is 3.51. The summed E-state index contributed by atoms with van der Waals surface area (Å²) in [5, 5.41) is 2.71. The zero-order valence-corrected chi connectivity index (χ0v) is 10.1. The SMILES string of the molecule is CC(C)(C)C(=O)/C=C/Nc1ccc(F)c(F)c1. The third kappa shape index (κ3) is 3.98. The lowest BCUT2D eigenvalue weighted by molar-refractivity contribution is -0.121. The molecular weight excluding hydrogens is 224 g/mol. The Kier molecular flexibility index (Phi) is 3.99. The van der Waals surface area contributed by atoms with Crippen molar-refractivity contribution in [1.29, 1.82) is 0 Å². The summed E-state index contributed by atoms with van der Waals surface area (Å²) in [6.45, 7) is 5.41. The minimum atomic E-state index is -0.925. The van der Waals surface area contributed by atoms with E-state index >= 15 is 0 Å². The molecule has 1 aromatic carbocycles. The maximum Gasteiger partial charge on any atom is 0.162 e. The average Bonchev–Trinajstić information content (AvgIpc) is 2.22. The van der Waals surface area contributed by atoms with E-state index in [0.717, 1.165) is 12.1 Å². The van der Waals surface area contributed by atoms with Gasteiger partial charge in [0.25, 0.3) is 0 Å². The molecule has 0 bridgehead atoms. The van der Waals surface area contributed by atoms with E-state index in [1.165, 1.54) is 18.3 Å². The van der Waals surface area contributed by atoms with Gasteiger partial charge in [0.2, 0.25) is 0 Å². The fourth-order valence-electron chi connectivity index (χ4n) is 1.05. The zero-order chi connectivity index (χ0) is 13.1. The number of carbonyl (C=O) groups excluding carboxylic acids is 1. The third-order valence-electron chi connectivity index (χ3n) is 2.14. The highest BCUT2D eigenvalue weighted by Crippen LogP contribution is 2.16. The minimum Gasteiger partial charge on any atom is -0.361 e. The van der Waals surface area contributed by atoms with Gasteiger partial charge in [0.05, 0.1) is 0 Å². The molecular formula is C13H15F2NO. The Bertz CT molecular complexity index is 447. The Balaban J connectivity index is 2.65. The van der Waals surface area contributed by atoms with E-state index in [1.54, 1.807) is 20.8 Å². The van der Waals surface area contributed by atoms with Crippen LogP contribution in [0.4, 0.5) is 14.5 Å². The van der Waals surface area contributed by atoms with E-state index in [0.29, 0.717) is 5.69 Å². The highest BCUT2D eigenvalue weighted by Gasteiger charge is 2.17. The molecule has 0 aliphatic rings. The van der Waals surface area contributed by atoms with Crippen LogP contribution in [-0.2, 0) is 4.79 Å². The number of anilines is 1. The summed E-state index contributed by atoms with van der Waals surface area (Å²) in [5.74, 6) is -1.87. The third-order valence-corrected chi connectivity index (χ3v) is 2.14. The maximum atomic E-state index is 12.8. The molecule has 0 fully saturated rings. The van der Waals surface area contributed by atoms with Gasteiger partial charge in [-0.1, -0.05) is 20.8 Å². The van der Waals surface area contributed by atoms with Gasteiger partial charge in [0.1, 0.15) is 0 Å². The van der Waals surface area contributed by atoms with Crippen molar-refractivity contribution in [2.75, 3.05) is 5.32 Å². The van der Waals surface area contributed by atoms with Gasteiger partial charge >= 0.3 is 0 Å². The molecule has 17 heavy (non-hydrogen) atoms. The topological polar surface area (TPSA) is 29.1 Å². The van der Waals surface area contributed by atoms with E-state index in [9.17, 15) is 13.6 Å². The van der Waals surface area contributed by atoms with Crippen LogP contribution in [0.5, 0.6) is 0 Å². The van der Waals surface area contributed by atoms with E-state index in [1.807, 2.05) is 0 Å². The van der Waals surface area contributed by atoms with Crippen LogP contribution in [0.2, 0.25) is 0 Å². The summed E-state index contributed by atoms with van der Waals surface area (Å²) >= 11 is 0. The smallest absolute Gasteiger partial charge is 0.162 e. The fourth-order valence-corrected chi connectivity index (χ4v) is 1.05. The van der Waals surface area contributed by atoms with Crippen molar-refractivity contribution in [1.82, 2.24) is 0 Å². The lowest BCUT2D eigenvalue weighted by Crippen LogP contribution is -2.17. The Morgan fingerprint density at radius 2 is 1.88 bits per heavy atom. The second-order valence-electron chi connectivity index (χ2n) is 4.72. The first-order valence-corrected chi connectivity index (χ1v) is 5.23. The summed E-state index contributed by atoms with van der Waals surface area (Å²) in [7, 11) is 0. The van der Waals surface area contributed by atoms with Crippen molar-refractivity contribution in [2.24, 2.45) is 5.41 Å². The number of allylic oxidation sites excluding steroid dienone is 1. The van der Waals surface area contributed by atoms with E-state index in [4.69, 9.17) is 0 Å². The Morgan fingerprint density at radius 1 is 1.24 bits per heavy atom. The molecule has 0 saturated heterocycles. The molecule has 0 spiro atoms. The fraction of sp³-hybridized carbons (Fsp3) is 0.308. The van der Waals surface area contributed by atoms with Crippen LogP contribution < -0.4 is 5.32 Å². The monoisotopic (exact) mass is 239 g/mol. The van der Waals surface area contributed by atoms with Crippen LogP contribution in [0.3, 0.4) is 0 Å². The molecule has 4 heteroatoms. The first kappa shape index (κ1) is 13.4. The molecule has 1 aromatic rings. The second kappa shape index (κ2) is 5.08. The number of halogens is 2. The van der Waals surface area contributed by atoms with E-state index in [-0.39, 0.29) is 5.78 Å². The molecule has 92 valence electrons. The molecule has 0 saturated carbocycles. The van der Waals surface area contributed by atoms with Crippen LogP contribution in [0.25, 0.3) is 0 Å². The maximum absolute atomic E-state index is 12.8. The van der Waals surface area contributed by atoms with Gasteiger partial charge in [-0.05, 0) is 18.2 Å². The van der Waals surface area contributed by atoms with Gasteiger partial charge in [0.15, 0.2) is 17.4 Å². The normalized spacial score (nSPS) is 11.8. The van der Waals surface area contributed by atoms with Gasteiger partial charge in [-0.3, -0.25) is 4.79 Å². The molecule has 0 aliphatic carbocycles. The number of benzene rings is 1. The zero-order valence-electron chi connectivity index (χ0n) is 10.1. The number of ketones is 1. The lowest BCUT2D eigenvalue weighted by Gasteiger charge is -2.13. The van der Waals surface area contributed by atoms with Gasteiger partial charge in [-0.2, -0.15) is 0 Å². The molecule has 0 aromatic heterocycles. The van der Waals surface area contributed by atoms with Crippen LogP contribution in [0.1, 0.15) is 20.8 Å². The van der Waals surface area contributed by atoms with Crippen molar-refractivity contribution in [3.05, 3.63) is 42.1 Å². The Morgan fingerprint density at radius 3 is 2.41 bits per heavy atom. The number of hydrogen-bond acceptors (Lipinski definition) is 2. The molecule has 1 rings (SSSR count). The standard InChI is InChI=1S/C13H15F2NO/c1-13(2,3)12(17)6-7-16-9-4-5-10(14)11(15)8-9/h4-8,16H,1-3H3/b7-6+. The van der Waals surface area contributed by atoms with E-state index in [2.05, 4.69) is 5.32 Å². The van der Waals surface area contributed by atoms with Crippen molar-refractivity contribution in [2.45, 2.75) is 20.8 Å². The van der Waals surface area contributed by atoms with Crippen molar-refractivity contribution in [3.8, 4) is 0 Å².